The summed E-state index contributed by atoms with van der Waals surface area (Å²) in [4.78, 5) is 11.9. The maximum absolute atomic E-state index is 12.0. The van der Waals surface area contributed by atoms with Gasteiger partial charge in [0.05, 0.1) is 0 Å². The Kier molecular flexibility index (Phi) is 5.80. The molecule has 21 heavy (non-hydrogen) atoms. The van der Waals surface area contributed by atoms with Crippen molar-refractivity contribution in [3.05, 3.63) is 17.6 Å². The molecule has 0 atom stereocenters. The molecule has 2 N–H and O–H groups in total. The monoisotopic (exact) mass is 337 g/mol. The van der Waals surface area contributed by atoms with Crippen LogP contribution in [0.4, 0.5) is 0 Å². The molecule has 120 valence electrons. The summed E-state index contributed by atoms with van der Waals surface area (Å²) in [6.45, 7) is 3.86. The highest BCUT2D eigenvalue weighted by molar-refractivity contribution is 7.89. The van der Waals surface area contributed by atoms with E-state index in [1.807, 2.05) is 0 Å². The standard InChI is InChI=1S/C12H19N3O4S.ClH/c1-8-11(20(17,18)15(2)3)4-10(19-8)12(16)14-7-9-5-13-6-9;/h4,9,13H,5-7H2,1-3H3,(H,14,16);1H. The molecular weight excluding hydrogens is 318 g/mol. The summed E-state index contributed by atoms with van der Waals surface area (Å²) in [6, 6.07) is 1.28. The summed E-state index contributed by atoms with van der Waals surface area (Å²) in [5.74, 6) is 0.282. The molecule has 0 unspecified atom stereocenters. The SMILES string of the molecule is Cc1oc(C(=O)NCC2CNC2)cc1S(=O)(=O)N(C)C.Cl. The number of carbonyl (C=O) groups excluding carboxylic acids is 1. The van der Waals surface area contributed by atoms with Crippen molar-refractivity contribution in [2.75, 3.05) is 33.7 Å². The maximum atomic E-state index is 12.0. The average Bonchev–Trinajstić information content (AvgIpc) is 2.69. The second kappa shape index (κ2) is 6.78. The van der Waals surface area contributed by atoms with E-state index in [2.05, 4.69) is 10.6 Å². The molecule has 1 aromatic heterocycles. The average molecular weight is 338 g/mol. The predicted molar refractivity (Wildman–Crippen MR) is 80.3 cm³/mol. The highest BCUT2D eigenvalue weighted by atomic mass is 35.5. The molecule has 0 saturated carbocycles. The number of aryl methyl sites for hydroxylation is 1. The van der Waals surface area contributed by atoms with Gasteiger partial charge in [-0.25, -0.2) is 12.7 Å². The van der Waals surface area contributed by atoms with Crippen molar-refractivity contribution in [1.29, 1.82) is 0 Å². The number of halogens is 1. The molecule has 1 amide bonds. The predicted octanol–water partition coefficient (Wildman–Crippen LogP) is 0.209. The van der Waals surface area contributed by atoms with Crippen LogP contribution in [0.1, 0.15) is 16.3 Å². The molecule has 7 nitrogen and oxygen atoms in total. The number of nitrogens with zero attached hydrogens (tertiary/aromatic N) is 1. The zero-order valence-corrected chi connectivity index (χ0v) is 13.8. The summed E-state index contributed by atoms with van der Waals surface area (Å²) < 4.78 is 30.4. The number of furan rings is 1. The molecule has 0 aliphatic carbocycles. The first-order valence-corrected chi connectivity index (χ1v) is 7.78. The summed E-state index contributed by atoms with van der Waals surface area (Å²) in [5.41, 5.74) is 0. The van der Waals surface area contributed by atoms with Crippen LogP contribution in [0.15, 0.2) is 15.4 Å². The molecular formula is C12H20ClN3O4S. The van der Waals surface area contributed by atoms with Crippen LogP contribution in [0.2, 0.25) is 0 Å². The van der Waals surface area contributed by atoms with Crippen LogP contribution >= 0.6 is 12.4 Å². The summed E-state index contributed by atoms with van der Waals surface area (Å²) in [7, 11) is -0.724. The minimum Gasteiger partial charge on any atom is -0.455 e. The van der Waals surface area contributed by atoms with Crippen molar-refractivity contribution in [1.82, 2.24) is 14.9 Å². The zero-order chi connectivity index (χ0) is 14.9. The van der Waals surface area contributed by atoms with Gasteiger partial charge in [0.25, 0.3) is 5.91 Å². The van der Waals surface area contributed by atoms with Gasteiger partial charge >= 0.3 is 0 Å². The van der Waals surface area contributed by atoms with Crippen molar-refractivity contribution in [3.8, 4) is 0 Å². The summed E-state index contributed by atoms with van der Waals surface area (Å²) >= 11 is 0. The maximum Gasteiger partial charge on any atom is 0.287 e. The van der Waals surface area contributed by atoms with Gasteiger partial charge in [0.15, 0.2) is 5.76 Å². The van der Waals surface area contributed by atoms with Gasteiger partial charge in [0.1, 0.15) is 10.7 Å². The van der Waals surface area contributed by atoms with Gasteiger partial charge in [-0.3, -0.25) is 4.79 Å². The van der Waals surface area contributed by atoms with Crippen LogP contribution in [0.5, 0.6) is 0 Å². The minimum absolute atomic E-state index is 0. The van der Waals surface area contributed by atoms with E-state index < -0.39 is 10.0 Å². The molecule has 9 heteroatoms. The van der Waals surface area contributed by atoms with Gasteiger partial charge in [-0.05, 0) is 6.92 Å². The quantitative estimate of drug-likeness (QED) is 0.801. The molecule has 1 aliphatic rings. The number of rotatable bonds is 5. The second-order valence-corrected chi connectivity index (χ2v) is 7.17. The normalized spacial score (nSPS) is 15.4. The van der Waals surface area contributed by atoms with Crippen molar-refractivity contribution in [2.24, 2.45) is 5.92 Å². The third kappa shape index (κ3) is 3.76. The fourth-order valence-corrected chi connectivity index (χ4v) is 2.90. The fourth-order valence-electron chi connectivity index (χ4n) is 1.85. The Morgan fingerprint density at radius 1 is 1.48 bits per heavy atom. The Morgan fingerprint density at radius 2 is 2.10 bits per heavy atom. The lowest BCUT2D eigenvalue weighted by Crippen LogP contribution is -2.48. The molecule has 1 saturated heterocycles. The van der Waals surface area contributed by atoms with Crippen LogP contribution in [0.3, 0.4) is 0 Å². The van der Waals surface area contributed by atoms with Gasteiger partial charge in [0.2, 0.25) is 10.0 Å². The summed E-state index contributed by atoms with van der Waals surface area (Å²) in [5, 5.41) is 5.85. The third-order valence-corrected chi connectivity index (χ3v) is 5.19. The number of hydrogen-bond acceptors (Lipinski definition) is 5. The van der Waals surface area contributed by atoms with Gasteiger partial charge in [-0.15, -0.1) is 12.4 Å². The molecule has 2 rings (SSSR count). The Morgan fingerprint density at radius 3 is 2.57 bits per heavy atom. The molecule has 0 aromatic carbocycles. The number of hydrogen-bond donors (Lipinski definition) is 2. The smallest absolute Gasteiger partial charge is 0.287 e. The van der Waals surface area contributed by atoms with Crippen LogP contribution in [-0.2, 0) is 10.0 Å². The van der Waals surface area contributed by atoms with Crippen LogP contribution in [0, 0.1) is 12.8 Å². The first kappa shape index (κ1) is 18.0. The molecule has 0 radical (unpaired) electrons. The van der Waals surface area contributed by atoms with Crippen molar-refractivity contribution in [3.63, 3.8) is 0 Å². The van der Waals surface area contributed by atoms with E-state index >= 15 is 0 Å². The van der Waals surface area contributed by atoms with E-state index in [4.69, 9.17) is 4.42 Å². The molecule has 1 aromatic rings. The Hall–Kier alpha value is -1.09. The van der Waals surface area contributed by atoms with Gasteiger partial charge in [-0.2, -0.15) is 0 Å². The van der Waals surface area contributed by atoms with E-state index in [-0.39, 0.29) is 34.7 Å². The highest BCUT2D eigenvalue weighted by Gasteiger charge is 2.26. The Bertz CT molecular complexity index is 608. The molecule has 2 heterocycles. The van der Waals surface area contributed by atoms with E-state index in [1.54, 1.807) is 0 Å². The summed E-state index contributed by atoms with van der Waals surface area (Å²) in [6.07, 6.45) is 0. The molecule has 1 fully saturated rings. The third-order valence-electron chi connectivity index (χ3n) is 3.27. The molecule has 0 spiro atoms. The lowest BCUT2D eigenvalue weighted by molar-refractivity contribution is 0.0913. The van der Waals surface area contributed by atoms with Crippen LogP contribution in [0.25, 0.3) is 0 Å². The Balaban J connectivity index is 0.00000220. The van der Waals surface area contributed by atoms with E-state index in [1.165, 1.54) is 27.1 Å². The van der Waals surface area contributed by atoms with Gasteiger partial charge in [0, 0.05) is 45.7 Å². The van der Waals surface area contributed by atoms with Gasteiger partial charge < -0.3 is 15.1 Å². The number of sulfonamides is 1. The lowest BCUT2D eigenvalue weighted by atomic mass is 10.0. The van der Waals surface area contributed by atoms with Crippen LogP contribution in [-0.4, -0.2) is 52.4 Å². The number of amides is 1. The van der Waals surface area contributed by atoms with Crippen molar-refractivity contribution >= 4 is 28.3 Å². The van der Waals surface area contributed by atoms with Crippen LogP contribution < -0.4 is 10.6 Å². The highest BCUT2D eigenvalue weighted by Crippen LogP contribution is 2.22. The van der Waals surface area contributed by atoms with E-state index in [9.17, 15) is 13.2 Å². The first-order valence-electron chi connectivity index (χ1n) is 6.34. The molecule has 1 aliphatic heterocycles. The van der Waals surface area contributed by atoms with Gasteiger partial charge in [-0.1, -0.05) is 0 Å². The largest absolute Gasteiger partial charge is 0.455 e. The number of nitrogens with one attached hydrogen (secondary N) is 2. The minimum atomic E-state index is -3.60. The topological polar surface area (TPSA) is 91.6 Å². The lowest BCUT2D eigenvalue weighted by Gasteiger charge is -2.26. The first-order chi connectivity index (χ1) is 9.32. The Labute approximate surface area is 130 Å². The van der Waals surface area contributed by atoms with Crippen molar-refractivity contribution < 1.29 is 17.6 Å². The fraction of sp³-hybridized carbons (Fsp3) is 0.583. The zero-order valence-electron chi connectivity index (χ0n) is 12.2. The molecule has 0 bridgehead atoms. The van der Waals surface area contributed by atoms with E-state index in [0.717, 1.165) is 17.4 Å². The van der Waals surface area contributed by atoms with E-state index in [0.29, 0.717) is 12.5 Å². The van der Waals surface area contributed by atoms with Crippen molar-refractivity contribution in [2.45, 2.75) is 11.8 Å². The second-order valence-electron chi connectivity index (χ2n) is 5.05. The number of carbonyl (C=O) groups is 1.